The molecule has 6 heteroatoms. The summed E-state index contributed by atoms with van der Waals surface area (Å²) in [4.78, 5) is 2.40. The first-order valence-electron chi connectivity index (χ1n) is 8.19. The van der Waals surface area contributed by atoms with Gasteiger partial charge in [0, 0.05) is 25.2 Å². The summed E-state index contributed by atoms with van der Waals surface area (Å²) in [6.45, 7) is 4.11. The maximum Gasteiger partial charge on any atom is 0.573 e. The summed E-state index contributed by atoms with van der Waals surface area (Å²) < 4.78 is 40.6. The van der Waals surface area contributed by atoms with Gasteiger partial charge >= 0.3 is 6.36 Å². The molecule has 1 aliphatic heterocycles. The Morgan fingerprint density at radius 1 is 1.17 bits per heavy atom. The molecule has 4 atom stereocenters. The maximum atomic E-state index is 12.2. The van der Waals surface area contributed by atoms with Crippen LogP contribution < -0.4 is 10.5 Å². The van der Waals surface area contributed by atoms with Crippen molar-refractivity contribution >= 4 is 0 Å². The van der Waals surface area contributed by atoms with Gasteiger partial charge in [0.15, 0.2) is 0 Å². The monoisotopic (exact) mass is 328 g/mol. The van der Waals surface area contributed by atoms with Crippen molar-refractivity contribution in [2.75, 3.05) is 13.1 Å². The van der Waals surface area contributed by atoms with Crippen molar-refractivity contribution in [1.29, 1.82) is 0 Å². The van der Waals surface area contributed by atoms with E-state index in [1.807, 2.05) is 0 Å². The number of nitrogens with two attached hydrogens (primary N) is 1. The Morgan fingerprint density at radius 2 is 1.87 bits per heavy atom. The van der Waals surface area contributed by atoms with Crippen molar-refractivity contribution in [2.24, 2.45) is 17.6 Å². The van der Waals surface area contributed by atoms with Crippen LogP contribution in [0.1, 0.15) is 37.8 Å². The summed E-state index contributed by atoms with van der Waals surface area (Å²) in [5, 5.41) is 0. The molecule has 0 spiro atoms. The Kier molecular flexibility index (Phi) is 4.56. The summed E-state index contributed by atoms with van der Waals surface area (Å²) in [7, 11) is 0. The first-order valence-corrected chi connectivity index (χ1v) is 8.19. The number of nitrogens with zero attached hydrogens (tertiary/aromatic N) is 1. The van der Waals surface area contributed by atoms with Crippen LogP contribution in [0, 0.1) is 11.8 Å². The van der Waals surface area contributed by atoms with E-state index in [1.54, 1.807) is 12.1 Å². The molecule has 1 aromatic carbocycles. The molecule has 0 bridgehead atoms. The SMILES string of the molecule is CC(c1ccc(OC(F)(F)F)cc1)N1CC2CCCC(N)C2C1. The van der Waals surface area contributed by atoms with Crippen LogP contribution in [0.25, 0.3) is 0 Å². The van der Waals surface area contributed by atoms with Crippen LogP contribution in [-0.4, -0.2) is 30.4 Å². The van der Waals surface area contributed by atoms with Gasteiger partial charge in [-0.3, -0.25) is 4.90 Å². The Bertz CT molecular complexity index is 532. The van der Waals surface area contributed by atoms with Crippen LogP contribution in [0.3, 0.4) is 0 Å². The van der Waals surface area contributed by atoms with Gasteiger partial charge in [0.25, 0.3) is 0 Å². The zero-order chi connectivity index (χ0) is 16.6. The van der Waals surface area contributed by atoms with E-state index in [0.29, 0.717) is 11.8 Å². The van der Waals surface area contributed by atoms with Crippen LogP contribution in [0.5, 0.6) is 5.75 Å². The summed E-state index contributed by atoms with van der Waals surface area (Å²) in [6.07, 6.45) is -1.10. The van der Waals surface area contributed by atoms with E-state index < -0.39 is 6.36 Å². The fourth-order valence-electron chi connectivity index (χ4n) is 4.03. The highest BCUT2D eigenvalue weighted by atomic mass is 19.4. The number of rotatable bonds is 3. The van der Waals surface area contributed by atoms with E-state index in [4.69, 9.17) is 5.73 Å². The maximum absolute atomic E-state index is 12.2. The minimum absolute atomic E-state index is 0.174. The Balaban J connectivity index is 1.65. The molecule has 3 nitrogen and oxygen atoms in total. The zero-order valence-electron chi connectivity index (χ0n) is 13.2. The number of likely N-dealkylation sites (tertiary alicyclic amines) is 1. The molecule has 4 unspecified atom stereocenters. The van der Waals surface area contributed by atoms with E-state index in [2.05, 4.69) is 16.6 Å². The average molecular weight is 328 g/mol. The molecule has 1 saturated carbocycles. The molecule has 0 aromatic heterocycles. The lowest BCUT2D eigenvalue weighted by atomic mass is 9.78. The van der Waals surface area contributed by atoms with E-state index in [1.165, 1.54) is 25.0 Å². The normalized spacial score (nSPS) is 30.0. The molecule has 0 radical (unpaired) electrons. The predicted octanol–water partition coefficient (Wildman–Crippen LogP) is 3.71. The van der Waals surface area contributed by atoms with Crippen molar-refractivity contribution < 1.29 is 17.9 Å². The summed E-state index contributed by atoms with van der Waals surface area (Å²) in [5.41, 5.74) is 7.26. The molecule has 1 heterocycles. The molecule has 1 aromatic rings. The lowest BCUT2D eigenvalue weighted by Gasteiger charge is -2.30. The third kappa shape index (κ3) is 3.80. The highest BCUT2D eigenvalue weighted by molar-refractivity contribution is 5.29. The Labute approximate surface area is 134 Å². The van der Waals surface area contributed by atoms with Gasteiger partial charge in [-0.2, -0.15) is 0 Å². The van der Waals surface area contributed by atoms with E-state index in [0.717, 1.165) is 25.1 Å². The van der Waals surface area contributed by atoms with Crippen LogP contribution in [-0.2, 0) is 0 Å². The number of fused-ring (bicyclic) bond motifs is 1. The van der Waals surface area contributed by atoms with Crippen LogP contribution in [0.2, 0.25) is 0 Å². The minimum Gasteiger partial charge on any atom is -0.406 e. The molecule has 0 amide bonds. The molecule has 1 saturated heterocycles. The van der Waals surface area contributed by atoms with E-state index in [-0.39, 0.29) is 17.8 Å². The third-order valence-electron chi connectivity index (χ3n) is 5.33. The Morgan fingerprint density at radius 3 is 2.48 bits per heavy atom. The number of hydrogen-bond acceptors (Lipinski definition) is 3. The molecular weight excluding hydrogens is 305 g/mol. The standard InChI is InChI=1S/C17H23F3N2O/c1-11(12-5-7-14(8-6-12)23-17(18,19)20)22-9-13-3-2-4-16(21)15(13)10-22/h5-8,11,13,15-16H,2-4,9-10,21H2,1H3. The summed E-state index contributed by atoms with van der Waals surface area (Å²) >= 11 is 0. The predicted molar refractivity (Wildman–Crippen MR) is 81.9 cm³/mol. The zero-order valence-corrected chi connectivity index (χ0v) is 13.2. The van der Waals surface area contributed by atoms with Gasteiger partial charge in [0.05, 0.1) is 0 Å². The molecule has 128 valence electrons. The molecule has 2 aliphatic rings. The van der Waals surface area contributed by atoms with Crippen LogP contribution in [0.4, 0.5) is 13.2 Å². The molecule has 3 rings (SSSR count). The second-order valence-electron chi connectivity index (χ2n) is 6.77. The molecular formula is C17H23F3N2O. The Hall–Kier alpha value is -1.27. The van der Waals surface area contributed by atoms with Crippen molar-refractivity contribution in [1.82, 2.24) is 4.90 Å². The van der Waals surface area contributed by atoms with Crippen LogP contribution >= 0.6 is 0 Å². The highest BCUT2D eigenvalue weighted by Gasteiger charge is 2.40. The average Bonchev–Trinajstić information content (AvgIpc) is 2.91. The van der Waals surface area contributed by atoms with Crippen molar-refractivity contribution in [3.05, 3.63) is 29.8 Å². The van der Waals surface area contributed by atoms with Gasteiger partial charge in [-0.25, -0.2) is 0 Å². The second-order valence-corrected chi connectivity index (χ2v) is 6.77. The van der Waals surface area contributed by atoms with Gasteiger partial charge in [-0.05, 0) is 49.3 Å². The van der Waals surface area contributed by atoms with Gasteiger partial charge in [-0.15, -0.1) is 13.2 Å². The molecule has 1 aliphatic carbocycles. The second kappa shape index (κ2) is 6.32. The molecule has 2 fully saturated rings. The van der Waals surface area contributed by atoms with E-state index in [9.17, 15) is 13.2 Å². The van der Waals surface area contributed by atoms with Crippen molar-refractivity contribution in [3.8, 4) is 5.75 Å². The highest BCUT2D eigenvalue weighted by Crippen LogP contribution is 2.39. The number of halogens is 3. The fourth-order valence-corrected chi connectivity index (χ4v) is 4.03. The largest absolute Gasteiger partial charge is 0.573 e. The first kappa shape index (κ1) is 16.6. The first-order chi connectivity index (χ1) is 10.8. The number of alkyl halides is 3. The molecule has 2 N–H and O–H groups in total. The van der Waals surface area contributed by atoms with Gasteiger partial charge in [-0.1, -0.05) is 18.6 Å². The van der Waals surface area contributed by atoms with Crippen LogP contribution in [0.15, 0.2) is 24.3 Å². The summed E-state index contributed by atoms with van der Waals surface area (Å²) in [5.74, 6) is 1.04. The lowest BCUT2D eigenvalue weighted by Crippen LogP contribution is -2.38. The number of ether oxygens (including phenoxy) is 1. The van der Waals surface area contributed by atoms with Gasteiger partial charge < -0.3 is 10.5 Å². The smallest absolute Gasteiger partial charge is 0.406 e. The topological polar surface area (TPSA) is 38.5 Å². The van der Waals surface area contributed by atoms with Crippen molar-refractivity contribution in [2.45, 2.75) is 44.6 Å². The summed E-state index contributed by atoms with van der Waals surface area (Å²) in [6, 6.07) is 6.66. The number of benzene rings is 1. The van der Waals surface area contributed by atoms with Crippen molar-refractivity contribution in [3.63, 3.8) is 0 Å². The lowest BCUT2D eigenvalue weighted by molar-refractivity contribution is -0.274. The van der Waals surface area contributed by atoms with Gasteiger partial charge in [0.2, 0.25) is 0 Å². The minimum atomic E-state index is -4.64. The molecule has 23 heavy (non-hydrogen) atoms. The number of hydrogen-bond donors (Lipinski definition) is 1. The quantitative estimate of drug-likeness (QED) is 0.919. The van der Waals surface area contributed by atoms with Gasteiger partial charge in [0.1, 0.15) is 5.75 Å². The van der Waals surface area contributed by atoms with E-state index >= 15 is 0 Å². The third-order valence-corrected chi connectivity index (χ3v) is 5.33. The fraction of sp³-hybridized carbons (Fsp3) is 0.647.